The molecule has 0 atom stereocenters. The summed E-state index contributed by atoms with van der Waals surface area (Å²) in [5.74, 6) is -1.22. The van der Waals surface area contributed by atoms with E-state index in [0.717, 1.165) is 21.5 Å². The Morgan fingerprint density at radius 1 is 1.13 bits per heavy atom. The van der Waals surface area contributed by atoms with Crippen LogP contribution in [0.25, 0.3) is 0 Å². The Hall–Kier alpha value is -2.87. The minimum atomic E-state index is -0.657. The van der Waals surface area contributed by atoms with Crippen molar-refractivity contribution in [3.05, 3.63) is 82.6 Å². The highest BCUT2D eigenvalue weighted by Crippen LogP contribution is 2.42. The Labute approximate surface area is 188 Å². The minimum Gasteiger partial charge on any atom is -0.383 e. The number of halogens is 2. The maximum absolute atomic E-state index is 13.7. The van der Waals surface area contributed by atoms with Crippen molar-refractivity contribution in [3.8, 4) is 0 Å². The molecule has 158 valence electrons. The topological polar surface area (TPSA) is 58.6 Å². The molecule has 3 aromatic carbocycles. The van der Waals surface area contributed by atoms with Crippen molar-refractivity contribution < 1.29 is 18.7 Å². The number of nitrogens with one attached hydrogen (secondary N) is 1. The number of hydrogen-bond acceptors (Lipinski definition) is 4. The maximum atomic E-state index is 13.7. The molecule has 0 aromatic heterocycles. The lowest BCUT2D eigenvalue weighted by Crippen LogP contribution is -2.33. The fourth-order valence-electron chi connectivity index (χ4n) is 3.25. The highest BCUT2D eigenvalue weighted by molar-refractivity contribution is 7.99. The molecule has 31 heavy (non-hydrogen) atoms. The van der Waals surface area contributed by atoms with Gasteiger partial charge in [-0.1, -0.05) is 35.5 Å². The second-order valence-electron chi connectivity index (χ2n) is 6.81. The van der Waals surface area contributed by atoms with Crippen molar-refractivity contribution in [2.75, 3.05) is 30.5 Å². The van der Waals surface area contributed by atoms with Crippen molar-refractivity contribution in [2.24, 2.45) is 0 Å². The summed E-state index contributed by atoms with van der Waals surface area (Å²) < 4.78 is 18.9. The van der Waals surface area contributed by atoms with Gasteiger partial charge in [0.05, 0.1) is 22.9 Å². The van der Waals surface area contributed by atoms with Crippen LogP contribution in [0.15, 0.2) is 70.5 Å². The number of carbonyl (C=O) groups is 2. The van der Waals surface area contributed by atoms with E-state index in [1.54, 1.807) is 36.3 Å². The predicted molar refractivity (Wildman–Crippen MR) is 120 cm³/mol. The van der Waals surface area contributed by atoms with Gasteiger partial charge in [-0.05, 0) is 48.5 Å². The third-order valence-electron chi connectivity index (χ3n) is 4.79. The molecule has 0 saturated carbocycles. The number of ether oxygens (including phenoxy) is 1. The molecule has 1 aliphatic heterocycles. The Kier molecular flexibility index (Phi) is 6.27. The van der Waals surface area contributed by atoms with E-state index >= 15 is 0 Å². The van der Waals surface area contributed by atoms with E-state index in [1.165, 1.54) is 23.9 Å². The summed E-state index contributed by atoms with van der Waals surface area (Å²) in [6.45, 7) is 0.783. The van der Waals surface area contributed by atoms with Gasteiger partial charge in [0.1, 0.15) is 5.82 Å². The Morgan fingerprint density at radius 3 is 2.71 bits per heavy atom. The molecule has 1 N–H and O–H groups in total. The zero-order valence-corrected chi connectivity index (χ0v) is 18.1. The quantitative estimate of drug-likeness (QED) is 0.551. The predicted octanol–water partition coefficient (Wildman–Crippen LogP) is 5.49. The number of methoxy groups -OCH3 is 1. The van der Waals surface area contributed by atoms with Crippen LogP contribution in [0.4, 0.5) is 15.8 Å². The van der Waals surface area contributed by atoms with Crippen molar-refractivity contribution in [3.63, 3.8) is 0 Å². The number of rotatable bonds is 5. The average Bonchev–Trinajstić information content (AvgIpc) is 2.88. The molecule has 0 unspecified atom stereocenters. The number of fused-ring (bicyclic) bond motifs is 2. The van der Waals surface area contributed by atoms with Crippen LogP contribution in [0.2, 0.25) is 5.02 Å². The van der Waals surface area contributed by atoms with Crippen LogP contribution >= 0.6 is 23.4 Å². The minimum absolute atomic E-state index is 0.0440. The Bertz CT molecular complexity index is 1170. The first-order valence-corrected chi connectivity index (χ1v) is 10.7. The molecule has 0 aliphatic carbocycles. The van der Waals surface area contributed by atoms with E-state index in [1.807, 2.05) is 18.2 Å². The molecule has 0 spiro atoms. The van der Waals surface area contributed by atoms with Gasteiger partial charge < -0.3 is 15.0 Å². The van der Waals surface area contributed by atoms with E-state index in [9.17, 15) is 14.0 Å². The van der Waals surface area contributed by atoms with Crippen LogP contribution in [0.1, 0.15) is 20.7 Å². The summed E-state index contributed by atoms with van der Waals surface area (Å²) in [5.41, 5.74) is 2.04. The number of anilines is 2. The smallest absolute Gasteiger partial charge is 0.259 e. The number of carbonyl (C=O) groups excluding carboxylic acids is 2. The Balaban J connectivity index is 1.68. The molecule has 4 rings (SSSR count). The molecule has 5 nitrogen and oxygen atoms in total. The fourth-order valence-corrected chi connectivity index (χ4v) is 4.48. The first kappa shape index (κ1) is 21.4. The SMILES string of the molecule is COCCN1C(=O)c2ccccc2Sc2cc(NC(=O)c3ccc(Cl)c(F)c3)ccc21. The first-order valence-electron chi connectivity index (χ1n) is 9.46. The molecule has 2 amide bonds. The molecule has 0 bridgehead atoms. The average molecular weight is 457 g/mol. The lowest BCUT2D eigenvalue weighted by atomic mass is 10.1. The second kappa shape index (κ2) is 9.09. The zero-order valence-electron chi connectivity index (χ0n) is 16.5. The second-order valence-corrected chi connectivity index (χ2v) is 8.30. The van der Waals surface area contributed by atoms with Crippen LogP contribution in [0, 0.1) is 5.82 Å². The monoisotopic (exact) mass is 456 g/mol. The third-order valence-corrected chi connectivity index (χ3v) is 6.22. The van der Waals surface area contributed by atoms with Gasteiger partial charge in [0, 0.05) is 34.7 Å². The van der Waals surface area contributed by atoms with Crippen LogP contribution in [0.3, 0.4) is 0 Å². The molecule has 0 radical (unpaired) electrons. The maximum Gasteiger partial charge on any atom is 0.259 e. The molecule has 1 aliphatic rings. The molecular formula is C23H18ClFN2O3S. The third kappa shape index (κ3) is 4.44. The summed E-state index contributed by atoms with van der Waals surface area (Å²) in [6.07, 6.45) is 0. The lowest BCUT2D eigenvalue weighted by molar-refractivity contribution is 0.0972. The van der Waals surface area contributed by atoms with Gasteiger partial charge in [0.25, 0.3) is 11.8 Å². The number of hydrogen-bond donors (Lipinski definition) is 1. The van der Waals surface area contributed by atoms with Crippen molar-refractivity contribution >= 4 is 46.6 Å². The van der Waals surface area contributed by atoms with Gasteiger partial charge in [0.15, 0.2) is 0 Å². The fraction of sp³-hybridized carbons (Fsp3) is 0.130. The van der Waals surface area contributed by atoms with Crippen molar-refractivity contribution in [1.82, 2.24) is 0 Å². The standard InChI is InChI=1S/C23H18ClFN2O3S/c1-30-11-10-27-19-9-7-15(26-22(28)14-6-8-17(24)18(25)12-14)13-21(19)31-20-5-3-2-4-16(20)23(27)29/h2-9,12-13H,10-11H2,1H3,(H,26,28). The zero-order chi connectivity index (χ0) is 22.0. The van der Waals surface area contributed by atoms with Gasteiger partial charge in [-0.2, -0.15) is 0 Å². The van der Waals surface area contributed by atoms with E-state index in [4.69, 9.17) is 16.3 Å². The summed E-state index contributed by atoms with van der Waals surface area (Å²) in [6, 6.07) is 16.6. The summed E-state index contributed by atoms with van der Waals surface area (Å²) in [4.78, 5) is 29.0. The summed E-state index contributed by atoms with van der Waals surface area (Å²) in [7, 11) is 1.59. The van der Waals surface area contributed by atoms with Crippen molar-refractivity contribution in [1.29, 1.82) is 0 Å². The van der Waals surface area contributed by atoms with Gasteiger partial charge in [-0.15, -0.1) is 0 Å². The van der Waals surface area contributed by atoms with E-state index in [0.29, 0.717) is 24.4 Å². The Morgan fingerprint density at radius 2 is 1.94 bits per heavy atom. The number of nitrogens with zero attached hydrogens (tertiary/aromatic N) is 1. The van der Waals surface area contributed by atoms with Gasteiger partial charge >= 0.3 is 0 Å². The number of amides is 2. The van der Waals surface area contributed by atoms with Gasteiger partial charge in [-0.25, -0.2) is 4.39 Å². The first-order chi connectivity index (χ1) is 15.0. The molecule has 8 heteroatoms. The highest BCUT2D eigenvalue weighted by Gasteiger charge is 2.27. The molecule has 0 saturated heterocycles. The summed E-state index contributed by atoms with van der Waals surface area (Å²) in [5, 5.41) is 2.73. The van der Waals surface area contributed by atoms with Crippen LogP contribution in [-0.4, -0.2) is 32.1 Å². The normalized spacial score (nSPS) is 12.7. The van der Waals surface area contributed by atoms with Crippen LogP contribution in [-0.2, 0) is 4.74 Å². The van der Waals surface area contributed by atoms with Gasteiger partial charge in [0.2, 0.25) is 0 Å². The van der Waals surface area contributed by atoms with E-state index in [2.05, 4.69) is 5.32 Å². The van der Waals surface area contributed by atoms with Crippen LogP contribution in [0.5, 0.6) is 0 Å². The highest BCUT2D eigenvalue weighted by atomic mass is 35.5. The van der Waals surface area contributed by atoms with E-state index < -0.39 is 11.7 Å². The molecule has 3 aromatic rings. The van der Waals surface area contributed by atoms with Crippen molar-refractivity contribution in [2.45, 2.75) is 9.79 Å². The lowest BCUT2D eigenvalue weighted by Gasteiger charge is -2.23. The number of benzene rings is 3. The molecule has 1 heterocycles. The largest absolute Gasteiger partial charge is 0.383 e. The molecule has 0 fully saturated rings. The van der Waals surface area contributed by atoms with Crippen LogP contribution < -0.4 is 10.2 Å². The van der Waals surface area contributed by atoms with Gasteiger partial charge in [-0.3, -0.25) is 9.59 Å². The molecular weight excluding hydrogens is 439 g/mol. The van der Waals surface area contributed by atoms with E-state index in [-0.39, 0.29) is 16.5 Å². The summed E-state index contributed by atoms with van der Waals surface area (Å²) >= 11 is 7.15.